The maximum absolute atomic E-state index is 11.9. The maximum Gasteiger partial charge on any atom is 0.266 e. The Balaban J connectivity index is 2.17. The van der Waals surface area contributed by atoms with E-state index in [1.807, 2.05) is 24.3 Å². The van der Waals surface area contributed by atoms with Gasteiger partial charge in [-0.2, -0.15) is 5.26 Å². The number of amides is 1. The van der Waals surface area contributed by atoms with Gasteiger partial charge < -0.3 is 5.32 Å². The lowest BCUT2D eigenvalue weighted by molar-refractivity contribution is -0.112. The number of para-hydroxylation sites is 1. The van der Waals surface area contributed by atoms with Gasteiger partial charge in [-0.05, 0) is 29.8 Å². The van der Waals surface area contributed by atoms with Crippen LogP contribution in [0.15, 0.2) is 60.4 Å². The summed E-state index contributed by atoms with van der Waals surface area (Å²) in [6, 6.07) is 14.4. The summed E-state index contributed by atoms with van der Waals surface area (Å²) in [4.78, 5) is 15.9. The van der Waals surface area contributed by atoms with Crippen molar-refractivity contribution in [2.75, 3.05) is 5.32 Å². The molecule has 0 saturated carbocycles. The standard InChI is InChI=1S/C15H11N3O/c16-10-13(9-12-5-4-8-17-11-12)15(19)18-14-6-2-1-3-7-14/h1-9,11H,(H,18,19)/b13-9+. The van der Waals surface area contributed by atoms with E-state index in [2.05, 4.69) is 10.3 Å². The van der Waals surface area contributed by atoms with Crippen molar-refractivity contribution in [1.82, 2.24) is 4.98 Å². The molecule has 0 atom stereocenters. The highest BCUT2D eigenvalue weighted by molar-refractivity contribution is 6.09. The van der Waals surface area contributed by atoms with Gasteiger partial charge in [0.05, 0.1) is 0 Å². The van der Waals surface area contributed by atoms with Crippen LogP contribution < -0.4 is 5.32 Å². The Morgan fingerprint density at radius 3 is 2.63 bits per heavy atom. The number of anilines is 1. The molecule has 1 aromatic heterocycles. The summed E-state index contributed by atoms with van der Waals surface area (Å²) in [7, 11) is 0. The van der Waals surface area contributed by atoms with E-state index >= 15 is 0 Å². The molecule has 0 saturated heterocycles. The molecule has 19 heavy (non-hydrogen) atoms. The summed E-state index contributed by atoms with van der Waals surface area (Å²) in [5.74, 6) is -0.433. The molecule has 0 fully saturated rings. The Labute approximate surface area is 111 Å². The predicted molar refractivity (Wildman–Crippen MR) is 72.9 cm³/mol. The largest absolute Gasteiger partial charge is 0.321 e. The molecule has 1 amide bonds. The van der Waals surface area contributed by atoms with Crippen LogP contribution in [0.3, 0.4) is 0 Å². The van der Waals surface area contributed by atoms with E-state index in [0.29, 0.717) is 11.3 Å². The SMILES string of the molecule is N#C/C(=C\c1cccnc1)C(=O)Nc1ccccc1. The smallest absolute Gasteiger partial charge is 0.266 e. The topological polar surface area (TPSA) is 65.8 Å². The molecular formula is C15H11N3O. The second kappa shape index (κ2) is 6.12. The van der Waals surface area contributed by atoms with Crippen molar-refractivity contribution in [3.05, 3.63) is 66.0 Å². The number of nitrogens with zero attached hydrogens (tertiary/aromatic N) is 2. The number of benzene rings is 1. The fourth-order valence-corrected chi connectivity index (χ4v) is 1.50. The van der Waals surface area contributed by atoms with Gasteiger partial charge in [-0.15, -0.1) is 0 Å². The molecule has 0 unspecified atom stereocenters. The van der Waals surface area contributed by atoms with E-state index in [9.17, 15) is 4.79 Å². The van der Waals surface area contributed by atoms with E-state index in [-0.39, 0.29) is 5.57 Å². The monoisotopic (exact) mass is 249 g/mol. The highest BCUT2D eigenvalue weighted by Gasteiger charge is 2.08. The fraction of sp³-hybridized carbons (Fsp3) is 0. The van der Waals surface area contributed by atoms with Crippen molar-refractivity contribution < 1.29 is 4.79 Å². The molecule has 1 N–H and O–H groups in total. The van der Waals surface area contributed by atoms with Gasteiger partial charge in [0.15, 0.2) is 0 Å². The molecule has 4 heteroatoms. The van der Waals surface area contributed by atoms with Crippen LogP contribution in [0.2, 0.25) is 0 Å². The second-order valence-electron chi connectivity index (χ2n) is 3.78. The van der Waals surface area contributed by atoms with Crippen LogP contribution in [0.4, 0.5) is 5.69 Å². The van der Waals surface area contributed by atoms with Gasteiger partial charge in [0.1, 0.15) is 11.6 Å². The van der Waals surface area contributed by atoms with Crippen LogP contribution in [-0.2, 0) is 4.79 Å². The van der Waals surface area contributed by atoms with E-state index in [4.69, 9.17) is 5.26 Å². The van der Waals surface area contributed by atoms with Gasteiger partial charge in [0.2, 0.25) is 0 Å². The quantitative estimate of drug-likeness (QED) is 0.671. The van der Waals surface area contributed by atoms with E-state index in [1.165, 1.54) is 6.08 Å². The molecule has 1 heterocycles. The van der Waals surface area contributed by atoms with Crippen molar-refractivity contribution in [2.45, 2.75) is 0 Å². The second-order valence-corrected chi connectivity index (χ2v) is 3.78. The summed E-state index contributed by atoms with van der Waals surface area (Å²) in [6.45, 7) is 0. The third kappa shape index (κ3) is 3.51. The number of hydrogen-bond donors (Lipinski definition) is 1. The zero-order valence-corrected chi connectivity index (χ0v) is 10.1. The number of rotatable bonds is 3. The van der Waals surface area contributed by atoms with E-state index < -0.39 is 5.91 Å². The van der Waals surface area contributed by atoms with E-state index in [0.717, 1.165) is 0 Å². The summed E-state index contributed by atoms with van der Waals surface area (Å²) in [5, 5.41) is 11.7. The van der Waals surface area contributed by atoms with Gasteiger partial charge >= 0.3 is 0 Å². The van der Waals surface area contributed by atoms with Crippen molar-refractivity contribution in [3.63, 3.8) is 0 Å². The van der Waals surface area contributed by atoms with Gasteiger partial charge in [-0.3, -0.25) is 9.78 Å². The summed E-state index contributed by atoms with van der Waals surface area (Å²) in [6.07, 6.45) is 4.73. The third-order valence-electron chi connectivity index (χ3n) is 2.39. The highest BCUT2D eigenvalue weighted by Crippen LogP contribution is 2.10. The van der Waals surface area contributed by atoms with Crippen molar-refractivity contribution in [3.8, 4) is 6.07 Å². The van der Waals surface area contributed by atoms with Crippen molar-refractivity contribution >= 4 is 17.7 Å². The minimum absolute atomic E-state index is 0.0388. The minimum Gasteiger partial charge on any atom is -0.321 e. The lowest BCUT2D eigenvalue weighted by Gasteiger charge is -2.03. The van der Waals surface area contributed by atoms with Gasteiger partial charge in [-0.25, -0.2) is 0 Å². The number of pyridine rings is 1. The number of aromatic nitrogens is 1. The number of carbonyl (C=O) groups excluding carboxylic acids is 1. The Kier molecular flexibility index (Phi) is 4.04. The molecule has 0 bridgehead atoms. The van der Waals surface area contributed by atoms with Crippen LogP contribution >= 0.6 is 0 Å². The van der Waals surface area contributed by atoms with Crippen molar-refractivity contribution in [1.29, 1.82) is 5.26 Å². The Bertz CT molecular complexity index is 627. The molecule has 4 nitrogen and oxygen atoms in total. The summed E-state index contributed by atoms with van der Waals surface area (Å²) in [5.41, 5.74) is 1.40. The predicted octanol–water partition coefficient (Wildman–Crippen LogP) is 2.63. The number of nitrogens with one attached hydrogen (secondary N) is 1. The Hall–Kier alpha value is -2.93. The normalized spacial score (nSPS) is 10.6. The van der Waals surface area contributed by atoms with Crippen molar-refractivity contribution in [2.24, 2.45) is 0 Å². The molecule has 0 aliphatic heterocycles. The molecule has 92 valence electrons. The average Bonchev–Trinajstić information content (AvgIpc) is 2.47. The molecule has 0 radical (unpaired) electrons. The molecule has 0 aliphatic carbocycles. The summed E-state index contributed by atoms with van der Waals surface area (Å²) >= 11 is 0. The summed E-state index contributed by atoms with van der Waals surface area (Å²) < 4.78 is 0. The van der Waals surface area contributed by atoms with Crippen LogP contribution in [0.25, 0.3) is 6.08 Å². The molecule has 1 aromatic carbocycles. The minimum atomic E-state index is -0.433. The van der Waals surface area contributed by atoms with Gasteiger partial charge in [0, 0.05) is 18.1 Å². The molecule has 0 spiro atoms. The number of nitriles is 1. The van der Waals surface area contributed by atoms with Crippen LogP contribution in [0, 0.1) is 11.3 Å². The fourth-order valence-electron chi connectivity index (χ4n) is 1.50. The van der Waals surface area contributed by atoms with Crippen LogP contribution in [-0.4, -0.2) is 10.9 Å². The van der Waals surface area contributed by atoms with E-state index in [1.54, 1.807) is 36.7 Å². The zero-order chi connectivity index (χ0) is 13.5. The van der Waals surface area contributed by atoms with Crippen LogP contribution in [0.1, 0.15) is 5.56 Å². The lowest BCUT2D eigenvalue weighted by atomic mass is 10.1. The lowest BCUT2D eigenvalue weighted by Crippen LogP contribution is -2.13. The molecular weight excluding hydrogens is 238 g/mol. The average molecular weight is 249 g/mol. The first kappa shape index (κ1) is 12.5. The highest BCUT2D eigenvalue weighted by atomic mass is 16.1. The Morgan fingerprint density at radius 2 is 2.00 bits per heavy atom. The first-order valence-electron chi connectivity index (χ1n) is 5.68. The third-order valence-corrected chi connectivity index (χ3v) is 2.39. The first-order chi connectivity index (χ1) is 9.29. The van der Waals surface area contributed by atoms with Gasteiger partial charge in [0.25, 0.3) is 5.91 Å². The number of hydrogen-bond acceptors (Lipinski definition) is 3. The number of carbonyl (C=O) groups is 1. The molecule has 0 aliphatic rings. The zero-order valence-electron chi connectivity index (χ0n) is 10.1. The first-order valence-corrected chi connectivity index (χ1v) is 5.68. The Morgan fingerprint density at radius 1 is 1.21 bits per heavy atom. The molecule has 2 rings (SSSR count). The van der Waals surface area contributed by atoms with Gasteiger partial charge in [-0.1, -0.05) is 24.3 Å². The molecule has 2 aromatic rings. The van der Waals surface area contributed by atoms with Crippen LogP contribution in [0.5, 0.6) is 0 Å². The maximum atomic E-state index is 11.9.